The van der Waals surface area contributed by atoms with Crippen LogP contribution in [-0.2, 0) is 18.3 Å². The van der Waals surface area contributed by atoms with E-state index in [0.29, 0.717) is 11.6 Å². The van der Waals surface area contributed by atoms with E-state index in [1.165, 1.54) is 83.1 Å². The van der Waals surface area contributed by atoms with E-state index in [0.717, 1.165) is 25.1 Å². The van der Waals surface area contributed by atoms with Gasteiger partial charge in [-0.3, -0.25) is 9.80 Å². The van der Waals surface area contributed by atoms with Crippen LogP contribution in [0.4, 0.5) is 0 Å². The molecule has 1 spiro atoms. The molecule has 27 heavy (non-hydrogen) atoms. The molecule has 150 valence electrons. The molecule has 0 N–H and O–H groups in total. The minimum absolute atomic E-state index is 0.401. The summed E-state index contributed by atoms with van der Waals surface area (Å²) in [5.41, 5.74) is 1.84. The third-order valence-electron chi connectivity index (χ3n) is 7.92. The van der Waals surface area contributed by atoms with Gasteiger partial charge in [0.05, 0.1) is 6.10 Å². The number of piperidine rings is 1. The second-order valence-electron chi connectivity index (χ2n) is 9.70. The zero-order chi connectivity index (χ0) is 18.3. The number of aryl methyl sites for hydroxylation is 1. The molecule has 2 saturated carbocycles. The van der Waals surface area contributed by atoms with Gasteiger partial charge in [0.2, 0.25) is 0 Å². The van der Waals surface area contributed by atoms with E-state index in [4.69, 9.17) is 4.74 Å². The maximum Gasteiger partial charge on any atom is 0.0885 e. The summed E-state index contributed by atoms with van der Waals surface area (Å²) in [5.74, 6) is 0.889. The standard InChI is InChI=1S/C23H37N3O/c1-24-13-5-6-21(24)16-25-14-9-20(10-15-25)26-17-22(27-18-19-7-8-19)23(26)11-3-2-4-12-23/h5-6,13,19-20,22H,2-4,7-12,14-18H2,1H3. The summed E-state index contributed by atoms with van der Waals surface area (Å²) in [6.07, 6.45) is 15.2. The van der Waals surface area contributed by atoms with Crippen molar-refractivity contribution >= 4 is 0 Å². The number of rotatable bonds is 6. The van der Waals surface area contributed by atoms with Crippen molar-refractivity contribution < 1.29 is 4.74 Å². The normalized spacial score (nSPS) is 29.9. The highest BCUT2D eigenvalue weighted by atomic mass is 16.5. The van der Waals surface area contributed by atoms with Crippen LogP contribution in [0.2, 0.25) is 0 Å². The van der Waals surface area contributed by atoms with Crippen molar-refractivity contribution in [1.29, 1.82) is 0 Å². The summed E-state index contributed by atoms with van der Waals surface area (Å²) in [5, 5.41) is 0. The highest BCUT2D eigenvalue weighted by Crippen LogP contribution is 2.48. The fourth-order valence-electron chi connectivity index (χ4n) is 5.91. The van der Waals surface area contributed by atoms with Crippen LogP contribution in [0.1, 0.15) is 63.5 Å². The molecule has 0 radical (unpaired) electrons. The van der Waals surface area contributed by atoms with Crippen molar-refractivity contribution in [1.82, 2.24) is 14.4 Å². The third kappa shape index (κ3) is 3.61. The lowest BCUT2D eigenvalue weighted by Crippen LogP contribution is -2.75. The van der Waals surface area contributed by atoms with Gasteiger partial charge in [0, 0.05) is 63.3 Å². The predicted molar refractivity (Wildman–Crippen MR) is 109 cm³/mol. The number of hydrogen-bond acceptors (Lipinski definition) is 3. The van der Waals surface area contributed by atoms with Gasteiger partial charge in [-0.15, -0.1) is 0 Å². The molecule has 0 aromatic carbocycles. The molecule has 0 amide bonds. The van der Waals surface area contributed by atoms with Gasteiger partial charge < -0.3 is 9.30 Å². The number of ether oxygens (including phenoxy) is 1. The Morgan fingerprint density at radius 2 is 1.85 bits per heavy atom. The van der Waals surface area contributed by atoms with Gasteiger partial charge in [0.25, 0.3) is 0 Å². The average molecular weight is 372 g/mol. The molecular weight excluding hydrogens is 334 g/mol. The van der Waals surface area contributed by atoms with Crippen LogP contribution in [0.3, 0.4) is 0 Å². The Balaban J connectivity index is 1.18. The molecular formula is C23H37N3O. The first-order valence-electron chi connectivity index (χ1n) is 11.5. The van der Waals surface area contributed by atoms with Crippen molar-refractivity contribution in [2.45, 2.75) is 82.0 Å². The summed E-state index contributed by atoms with van der Waals surface area (Å²) >= 11 is 0. The predicted octanol–water partition coefficient (Wildman–Crippen LogP) is 3.80. The van der Waals surface area contributed by atoms with Gasteiger partial charge in [-0.2, -0.15) is 0 Å². The van der Waals surface area contributed by atoms with E-state index in [2.05, 4.69) is 39.7 Å². The maximum atomic E-state index is 6.47. The molecule has 5 rings (SSSR count). The minimum atomic E-state index is 0.401. The quantitative estimate of drug-likeness (QED) is 0.759. The molecule has 4 fully saturated rings. The zero-order valence-corrected chi connectivity index (χ0v) is 17.1. The largest absolute Gasteiger partial charge is 0.375 e. The van der Waals surface area contributed by atoms with Gasteiger partial charge in [0.15, 0.2) is 0 Å². The number of aromatic nitrogens is 1. The Morgan fingerprint density at radius 1 is 1.07 bits per heavy atom. The molecule has 4 aliphatic rings. The lowest BCUT2D eigenvalue weighted by molar-refractivity contribution is -0.203. The fourth-order valence-corrected chi connectivity index (χ4v) is 5.91. The first kappa shape index (κ1) is 18.2. The second kappa shape index (κ2) is 7.53. The average Bonchev–Trinajstić information content (AvgIpc) is 3.44. The Morgan fingerprint density at radius 3 is 2.52 bits per heavy atom. The van der Waals surface area contributed by atoms with Gasteiger partial charge in [-0.05, 0) is 56.6 Å². The molecule has 3 heterocycles. The van der Waals surface area contributed by atoms with E-state index in [1.54, 1.807) is 0 Å². The second-order valence-corrected chi connectivity index (χ2v) is 9.70. The Labute approximate surface area is 164 Å². The Kier molecular flexibility index (Phi) is 5.08. The molecule has 1 unspecified atom stereocenters. The summed E-state index contributed by atoms with van der Waals surface area (Å²) in [6.45, 7) is 5.84. The molecule has 1 aromatic rings. The molecule has 2 saturated heterocycles. The van der Waals surface area contributed by atoms with Gasteiger partial charge in [-0.1, -0.05) is 19.3 Å². The molecule has 0 bridgehead atoms. The van der Waals surface area contributed by atoms with Crippen LogP contribution in [0.15, 0.2) is 18.3 Å². The molecule has 4 nitrogen and oxygen atoms in total. The van der Waals surface area contributed by atoms with Crippen molar-refractivity contribution in [3.63, 3.8) is 0 Å². The van der Waals surface area contributed by atoms with E-state index >= 15 is 0 Å². The first-order valence-corrected chi connectivity index (χ1v) is 11.5. The molecule has 2 aliphatic heterocycles. The van der Waals surface area contributed by atoms with Crippen molar-refractivity contribution in [3.05, 3.63) is 24.0 Å². The SMILES string of the molecule is Cn1cccc1CN1CCC(N2CC(OCC3CC3)C23CCCCC3)CC1. The maximum absolute atomic E-state index is 6.47. The van der Waals surface area contributed by atoms with Gasteiger partial charge >= 0.3 is 0 Å². The van der Waals surface area contributed by atoms with E-state index in [1.807, 2.05) is 0 Å². The van der Waals surface area contributed by atoms with Crippen LogP contribution in [0, 0.1) is 5.92 Å². The van der Waals surface area contributed by atoms with E-state index in [-0.39, 0.29) is 0 Å². The summed E-state index contributed by atoms with van der Waals surface area (Å²) in [4.78, 5) is 5.56. The Bertz CT molecular complexity index is 623. The Hall–Kier alpha value is -0.840. The monoisotopic (exact) mass is 371 g/mol. The molecule has 1 aromatic heterocycles. The molecule has 4 heteroatoms. The first-order chi connectivity index (χ1) is 13.2. The smallest absolute Gasteiger partial charge is 0.0885 e. The number of hydrogen-bond donors (Lipinski definition) is 0. The highest BCUT2D eigenvalue weighted by Gasteiger charge is 2.56. The number of nitrogens with zero attached hydrogens (tertiary/aromatic N) is 3. The van der Waals surface area contributed by atoms with E-state index in [9.17, 15) is 0 Å². The van der Waals surface area contributed by atoms with Crippen LogP contribution in [0.5, 0.6) is 0 Å². The highest BCUT2D eigenvalue weighted by molar-refractivity contribution is 5.12. The summed E-state index contributed by atoms with van der Waals surface area (Å²) in [7, 11) is 2.16. The van der Waals surface area contributed by atoms with Crippen LogP contribution < -0.4 is 0 Å². The van der Waals surface area contributed by atoms with Crippen LogP contribution in [0.25, 0.3) is 0 Å². The lowest BCUT2D eigenvalue weighted by Gasteiger charge is -2.63. The molecule has 2 aliphatic carbocycles. The van der Waals surface area contributed by atoms with Crippen molar-refractivity contribution in [3.8, 4) is 0 Å². The van der Waals surface area contributed by atoms with E-state index < -0.39 is 0 Å². The minimum Gasteiger partial charge on any atom is -0.375 e. The fraction of sp³-hybridized carbons (Fsp3) is 0.826. The van der Waals surface area contributed by atoms with Crippen LogP contribution >= 0.6 is 0 Å². The molecule has 1 atom stereocenters. The summed E-state index contributed by atoms with van der Waals surface area (Å²) in [6, 6.07) is 5.21. The van der Waals surface area contributed by atoms with Gasteiger partial charge in [-0.25, -0.2) is 0 Å². The van der Waals surface area contributed by atoms with Crippen LogP contribution in [-0.4, -0.2) is 58.3 Å². The van der Waals surface area contributed by atoms with Crippen molar-refractivity contribution in [2.24, 2.45) is 13.0 Å². The van der Waals surface area contributed by atoms with Gasteiger partial charge in [0.1, 0.15) is 0 Å². The third-order valence-corrected chi connectivity index (χ3v) is 7.92. The lowest BCUT2D eigenvalue weighted by atomic mass is 9.69. The van der Waals surface area contributed by atoms with Crippen molar-refractivity contribution in [2.75, 3.05) is 26.2 Å². The summed E-state index contributed by atoms with van der Waals surface area (Å²) < 4.78 is 8.73. The number of likely N-dealkylation sites (tertiary alicyclic amines) is 2. The topological polar surface area (TPSA) is 20.6 Å². The zero-order valence-electron chi connectivity index (χ0n) is 17.1.